The molecule has 0 amide bonds. The lowest BCUT2D eigenvalue weighted by Gasteiger charge is -2.16. The monoisotopic (exact) mass is 321 g/mol. The van der Waals surface area contributed by atoms with E-state index in [0.29, 0.717) is 0 Å². The lowest BCUT2D eigenvalue weighted by molar-refractivity contribution is 0.0597. The summed E-state index contributed by atoms with van der Waals surface area (Å²) < 4.78 is 5.45. The molecule has 4 nitrogen and oxygen atoms in total. The van der Waals surface area contributed by atoms with Crippen LogP contribution in [-0.4, -0.2) is 32.3 Å². The Morgan fingerprint density at radius 1 is 1.47 bits per heavy atom. The molecule has 0 fully saturated rings. The minimum Gasteiger partial charge on any atom is -0.507 e. The van der Waals surface area contributed by atoms with Crippen molar-refractivity contribution in [2.24, 2.45) is 0 Å². The number of phenols is 1. The van der Waals surface area contributed by atoms with Crippen LogP contribution in [0.3, 0.4) is 0 Å². The molecule has 5 heteroatoms. The lowest BCUT2D eigenvalue weighted by atomic mass is 10.1. The second-order valence-electron chi connectivity index (χ2n) is 3.21. The van der Waals surface area contributed by atoms with Crippen molar-refractivity contribution in [1.82, 2.24) is 0 Å². The SMILES string of the molecule is COC(=O)c1cc(N(C)C)c(I)cc1O. The maximum atomic E-state index is 11.3. The Bertz CT molecular complexity index is 390. The molecule has 0 saturated heterocycles. The quantitative estimate of drug-likeness (QED) is 0.667. The summed E-state index contributed by atoms with van der Waals surface area (Å²) in [6.07, 6.45) is 0. The molecular formula is C10H12INO3. The number of hydrogen-bond donors (Lipinski definition) is 1. The molecule has 0 heterocycles. The van der Waals surface area contributed by atoms with Gasteiger partial charge in [-0.2, -0.15) is 0 Å². The Morgan fingerprint density at radius 3 is 2.53 bits per heavy atom. The normalized spacial score (nSPS) is 9.87. The van der Waals surface area contributed by atoms with Crippen molar-refractivity contribution in [3.8, 4) is 5.75 Å². The van der Waals surface area contributed by atoms with E-state index in [1.165, 1.54) is 7.11 Å². The second kappa shape index (κ2) is 4.69. The fourth-order valence-electron chi connectivity index (χ4n) is 1.17. The number of esters is 1. The third kappa shape index (κ3) is 2.53. The van der Waals surface area contributed by atoms with Gasteiger partial charge in [0.2, 0.25) is 0 Å². The van der Waals surface area contributed by atoms with Gasteiger partial charge in [0.15, 0.2) is 0 Å². The van der Waals surface area contributed by atoms with Crippen LogP contribution in [0.25, 0.3) is 0 Å². The largest absolute Gasteiger partial charge is 0.507 e. The van der Waals surface area contributed by atoms with Crippen LogP contribution in [0.15, 0.2) is 12.1 Å². The van der Waals surface area contributed by atoms with Crippen molar-refractivity contribution >= 4 is 34.2 Å². The topological polar surface area (TPSA) is 49.8 Å². The van der Waals surface area contributed by atoms with Crippen LogP contribution in [0.4, 0.5) is 5.69 Å². The number of carbonyl (C=O) groups is 1. The molecule has 1 aromatic rings. The summed E-state index contributed by atoms with van der Waals surface area (Å²) in [7, 11) is 5.03. The summed E-state index contributed by atoms with van der Waals surface area (Å²) in [4.78, 5) is 13.2. The standard InChI is InChI=1S/C10H12INO3/c1-12(2)8-4-6(10(14)15-3)9(13)5-7(8)11/h4-5,13H,1-3H3. The van der Waals surface area contributed by atoms with E-state index >= 15 is 0 Å². The van der Waals surface area contributed by atoms with E-state index in [0.717, 1.165) is 9.26 Å². The maximum Gasteiger partial charge on any atom is 0.341 e. The van der Waals surface area contributed by atoms with Crippen molar-refractivity contribution in [3.63, 3.8) is 0 Å². The molecule has 0 aliphatic rings. The highest BCUT2D eigenvalue weighted by molar-refractivity contribution is 14.1. The van der Waals surface area contributed by atoms with Crippen LogP contribution < -0.4 is 4.90 Å². The van der Waals surface area contributed by atoms with E-state index in [2.05, 4.69) is 27.3 Å². The third-order valence-corrected chi connectivity index (χ3v) is 2.82. The summed E-state index contributed by atoms with van der Waals surface area (Å²) in [5.41, 5.74) is 1.05. The zero-order chi connectivity index (χ0) is 11.6. The molecule has 1 aromatic carbocycles. The van der Waals surface area contributed by atoms with Crippen molar-refractivity contribution in [2.75, 3.05) is 26.1 Å². The van der Waals surface area contributed by atoms with Crippen LogP contribution in [0.5, 0.6) is 5.75 Å². The Hall–Kier alpha value is -0.980. The summed E-state index contributed by atoms with van der Waals surface area (Å²) in [6.45, 7) is 0. The van der Waals surface area contributed by atoms with Gasteiger partial charge in [0, 0.05) is 17.7 Å². The Labute approximate surface area is 102 Å². The number of rotatable bonds is 2. The summed E-state index contributed by atoms with van der Waals surface area (Å²) in [6, 6.07) is 3.16. The van der Waals surface area contributed by atoms with E-state index < -0.39 is 5.97 Å². The first-order chi connectivity index (χ1) is 6.97. The van der Waals surface area contributed by atoms with Crippen LogP contribution in [-0.2, 0) is 4.74 Å². The molecular weight excluding hydrogens is 309 g/mol. The number of nitrogens with zero attached hydrogens (tertiary/aromatic N) is 1. The smallest absolute Gasteiger partial charge is 0.341 e. The van der Waals surface area contributed by atoms with Crippen LogP contribution in [0.2, 0.25) is 0 Å². The van der Waals surface area contributed by atoms with Gasteiger partial charge < -0.3 is 14.7 Å². The van der Waals surface area contributed by atoms with Crippen LogP contribution in [0.1, 0.15) is 10.4 Å². The number of aromatic hydroxyl groups is 1. The van der Waals surface area contributed by atoms with Crippen molar-refractivity contribution in [1.29, 1.82) is 0 Å². The molecule has 0 unspecified atom stereocenters. The number of ether oxygens (including phenoxy) is 1. The number of hydrogen-bond acceptors (Lipinski definition) is 4. The summed E-state index contributed by atoms with van der Waals surface area (Å²) in [5.74, 6) is -0.594. The zero-order valence-electron chi connectivity index (χ0n) is 8.74. The highest BCUT2D eigenvalue weighted by Gasteiger charge is 2.15. The molecule has 82 valence electrons. The minimum absolute atomic E-state index is 0.0585. The lowest BCUT2D eigenvalue weighted by Crippen LogP contribution is -2.12. The fourth-order valence-corrected chi connectivity index (χ4v) is 2.10. The molecule has 0 bridgehead atoms. The number of phenolic OH excluding ortho intramolecular Hbond substituents is 1. The van der Waals surface area contributed by atoms with Gasteiger partial charge in [-0.1, -0.05) is 0 Å². The first kappa shape index (κ1) is 12.1. The maximum absolute atomic E-state index is 11.3. The van der Waals surface area contributed by atoms with E-state index in [-0.39, 0.29) is 11.3 Å². The molecule has 0 atom stereocenters. The summed E-state index contributed by atoms with van der Waals surface area (Å²) in [5, 5.41) is 9.57. The van der Waals surface area contributed by atoms with Crippen LogP contribution >= 0.6 is 22.6 Å². The molecule has 0 saturated carbocycles. The minimum atomic E-state index is -0.535. The number of anilines is 1. The zero-order valence-corrected chi connectivity index (χ0v) is 10.9. The molecule has 0 spiro atoms. The fraction of sp³-hybridized carbons (Fsp3) is 0.300. The molecule has 15 heavy (non-hydrogen) atoms. The Kier molecular flexibility index (Phi) is 3.78. The number of methoxy groups -OCH3 is 1. The van der Waals surface area contributed by atoms with E-state index in [9.17, 15) is 9.90 Å². The molecule has 0 aliphatic carbocycles. The number of carbonyl (C=O) groups excluding carboxylic acids is 1. The first-order valence-electron chi connectivity index (χ1n) is 4.25. The van der Waals surface area contributed by atoms with Gasteiger partial charge in [-0.25, -0.2) is 4.79 Å². The predicted molar refractivity (Wildman–Crippen MR) is 66.5 cm³/mol. The first-order valence-corrected chi connectivity index (χ1v) is 5.33. The average molecular weight is 321 g/mol. The number of benzene rings is 1. The van der Waals surface area contributed by atoms with Gasteiger partial charge in [0.1, 0.15) is 11.3 Å². The van der Waals surface area contributed by atoms with Crippen molar-refractivity contribution in [2.45, 2.75) is 0 Å². The van der Waals surface area contributed by atoms with Crippen molar-refractivity contribution < 1.29 is 14.6 Å². The Balaban J connectivity index is 3.29. The Morgan fingerprint density at radius 2 is 2.07 bits per heavy atom. The van der Waals surface area contributed by atoms with E-state index in [1.54, 1.807) is 12.1 Å². The molecule has 0 aromatic heterocycles. The highest BCUT2D eigenvalue weighted by atomic mass is 127. The van der Waals surface area contributed by atoms with Gasteiger partial charge in [0.25, 0.3) is 0 Å². The highest BCUT2D eigenvalue weighted by Crippen LogP contribution is 2.29. The predicted octanol–water partition coefficient (Wildman–Crippen LogP) is 1.85. The molecule has 1 N–H and O–H groups in total. The molecule has 0 radical (unpaired) electrons. The van der Waals surface area contributed by atoms with Gasteiger partial charge in [-0.3, -0.25) is 0 Å². The third-order valence-electron chi connectivity index (χ3n) is 1.95. The van der Waals surface area contributed by atoms with Gasteiger partial charge in [-0.15, -0.1) is 0 Å². The molecule has 1 rings (SSSR count). The van der Waals surface area contributed by atoms with Crippen molar-refractivity contribution in [3.05, 3.63) is 21.3 Å². The molecule has 0 aliphatic heterocycles. The van der Waals surface area contributed by atoms with E-state index in [1.807, 2.05) is 19.0 Å². The number of halogens is 1. The van der Waals surface area contributed by atoms with Gasteiger partial charge in [-0.05, 0) is 34.7 Å². The summed E-state index contributed by atoms with van der Waals surface area (Å²) >= 11 is 2.10. The average Bonchev–Trinajstić information content (AvgIpc) is 2.16. The van der Waals surface area contributed by atoms with Crippen LogP contribution in [0, 0.1) is 3.57 Å². The van der Waals surface area contributed by atoms with E-state index in [4.69, 9.17) is 0 Å². The van der Waals surface area contributed by atoms with Gasteiger partial charge >= 0.3 is 5.97 Å². The van der Waals surface area contributed by atoms with Gasteiger partial charge in [0.05, 0.1) is 12.8 Å². The second-order valence-corrected chi connectivity index (χ2v) is 4.37.